The molecule has 100 valence electrons. The van der Waals surface area contributed by atoms with Crippen molar-refractivity contribution in [2.75, 3.05) is 0 Å². The summed E-state index contributed by atoms with van der Waals surface area (Å²) in [4.78, 5) is 14.9. The average Bonchev–Trinajstić information content (AvgIpc) is 2.81. The summed E-state index contributed by atoms with van der Waals surface area (Å²) in [6.07, 6.45) is -3.71. The number of carbonyl (C=O) groups is 1. The number of Topliss-reactive ketones (excluding diaryl/α,β-unsaturated/α-hetero) is 1. The lowest BCUT2D eigenvalue weighted by Crippen LogP contribution is -2.03. The predicted octanol–water partition coefficient (Wildman–Crippen LogP) is 3.73. The molecule has 0 bridgehead atoms. The van der Waals surface area contributed by atoms with E-state index in [9.17, 15) is 22.4 Å². The van der Waals surface area contributed by atoms with Gasteiger partial charge in [0.1, 0.15) is 5.82 Å². The molecule has 2 nitrogen and oxygen atoms in total. The fourth-order valence-corrected chi connectivity index (χ4v) is 2.13. The van der Waals surface area contributed by atoms with E-state index < -0.39 is 22.8 Å². The van der Waals surface area contributed by atoms with Gasteiger partial charge in [-0.15, -0.1) is 11.3 Å². The molecule has 0 N–H and O–H groups in total. The predicted molar refractivity (Wildman–Crippen MR) is 61.6 cm³/mol. The van der Waals surface area contributed by atoms with Crippen molar-refractivity contribution in [2.45, 2.75) is 12.6 Å². The van der Waals surface area contributed by atoms with Gasteiger partial charge in [-0.05, 0) is 17.7 Å². The van der Waals surface area contributed by atoms with Crippen LogP contribution in [0.3, 0.4) is 0 Å². The lowest BCUT2D eigenvalue weighted by molar-refractivity contribution is -0.137. The number of alkyl halides is 3. The SMILES string of the molecule is O=C(Cc1ccc(F)cc1)c1cnc(C(F)(F)F)s1. The largest absolute Gasteiger partial charge is 0.443 e. The van der Waals surface area contributed by atoms with Crippen molar-refractivity contribution < 1.29 is 22.4 Å². The summed E-state index contributed by atoms with van der Waals surface area (Å²) >= 11 is 0.311. The standard InChI is InChI=1S/C12H7F4NOS/c13-8-3-1-7(2-4-8)5-9(18)10-6-17-11(19-10)12(14,15)16/h1-4,6H,5H2. The van der Waals surface area contributed by atoms with Crippen LogP contribution in [0.5, 0.6) is 0 Å². The highest BCUT2D eigenvalue weighted by atomic mass is 32.1. The van der Waals surface area contributed by atoms with Crippen molar-refractivity contribution in [3.05, 3.63) is 51.7 Å². The molecular weight excluding hydrogens is 282 g/mol. The van der Waals surface area contributed by atoms with Crippen molar-refractivity contribution >= 4 is 17.1 Å². The fraction of sp³-hybridized carbons (Fsp3) is 0.167. The van der Waals surface area contributed by atoms with E-state index in [0.29, 0.717) is 16.9 Å². The van der Waals surface area contributed by atoms with E-state index in [4.69, 9.17) is 0 Å². The van der Waals surface area contributed by atoms with Crippen molar-refractivity contribution in [1.29, 1.82) is 0 Å². The summed E-state index contributed by atoms with van der Waals surface area (Å²) in [6, 6.07) is 5.21. The summed E-state index contributed by atoms with van der Waals surface area (Å²) in [5.74, 6) is -0.909. The molecule has 19 heavy (non-hydrogen) atoms. The number of halogens is 4. The summed E-state index contributed by atoms with van der Waals surface area (Å²) in [5, 5.41) is -1.05. The van der Waals surface area contributed by atoms with Crippen molar-refractivity contribution in [3.8, 4) is 0 Å². The topological polar surface area (TPSA) is 30.0 Å². The number of rotatable bonds is 3. The first-order valence-electron chi connectivity index (χ1n) is 5.17. The molecule has 0 saturated carbocycles. The molecule has 0 radical (unpaired) electrons. The maximum atomic E-state index is 12.7. The first kappa shape index (κ1) is 13.7. The minimum absolute atomic E-state index is 0.0587. The summed E-state index contributed by atoms with van der Waals surface area (Å²) in [7, 11) is 0. The van der Waals surface area contributed by atoms with Crippen molar-refractivity contribution in [1.82, 2.24) is 4.98 Å². The Hall–Kier alpha value is -1.76. The molecule has 0 aliphatic heterocycles. The van der Waals surface area contributed by atoms with Crippen LogP contribution in [0.4, 0.5) is 17.6 Å². The first-order chi connectivity index (χ1) is 8.86. The molecule has 0 amide bonds. The van der Waals surface area contributed by atoms with Gasteiger partial charge in [-0.25, -0.2) is 9.37 Å². The Bertz CT molecular complexity index is 589. The second kappa shape index (κ2) is 5.08. The number of ketones is 1. The molecule has 7 heteroatoms. The Balaban J connectivity index is 2.12. The van der Waals surface area contributed by atoms with E-state index in [0.717, 1.165) is 6.20 Å². The molecule has 1 heterocycles. The molecule has 2 rings (SSSR count). The van der Waals surface area contributed by atoms with Crippen LogP contribution < -0.4 is 0 Å². The van der Waals surface area contributed by atoms with Gasteiger partial charge in [-0.2, -0.15) is 13.2 Å². The second-order valence-corrected chi connectivity index (χ2v) is 4.78. The minimum atomic E-state index is -4.54. The molecule has 0 saturated heterocycles. The Morgan fingerprint density at radius 3 is 2.37 bits per heavy atom. The van der Waals surface area contributed by atoms with Crippen LogP contribution in [0.1, 0.15) is 20.2 Å². The Kier molecular flexibility index (Phi) is 3.66. The van der Waals surface area contributed by atoms with Gasteiger partial charge in [0, 0.05) is 12.6 Å². The van der Waals surface area contributed by atoms with Gasteiger partial charge in [-0.3, -0.25) is 4.79 Å². The molecule has 0 atom stereocenters. The van der Waals surface area contributed by atoms with Gasteiger partial charge in [0.05, 0.1) is 4.88 Å². The molecule has 0 fully saturated rings. The number of aromatic nitrogens is 1. The Morgan fingerprint density at radius 1 is 1.21 bits per heavy atom. The smallest absolute Gasteiger partial charge is 0.293 e. The highest BCUT2D eigenvalue weighted by Gasteiger charge is 2.35. The normalized spacial score (nSPS) is 11.6. The highest BCUT2D eigenvalue weighted by molar-refractivity contribution is 7.13. The van der Waals surface area contributed by atoms with Crippen LogP contribution >= 0.6 is 11.3 Å². The van der Waals surface area contributed by atoms with Gasteiger partial charge < -0.3 is 0 Å². The Labute approximate surface area is 109 Å². The first-order valence-corrected chi connectivity index (χ1v) is 5.98. The monoisotopic (exact) mass is 289 g/mol. The minimum Gasteiger partial charge on any atom is -0.293 e. The number of hydrogen-bond donors (Lipinski definition) is 0. The quantitative estimate of drug-likeness (QED) is 0.636. The van der Waals surface area contributed by atoms with Crippen LogP contribution in [0.15, 0.2) is 30.5 Å². The number of nitrogens with zero attached hydrogens (tertiary/aromatic N) is 1. The summed E-state index contributed by atoms with van der Waals surface area (Å²) in [6.45, 7) is 0. The molecule has 0 spiro atoms. The summed E-state index contributed by atoms with van der Waals surface area (Å²) < 4.78 is 49.7. The molecule has 0 aliphatic carbocycles. The average molecular weight is 289 g/mol. The third-order valence-electron chi connectivity index (χ3n) is 2.30. The zero-order valence-corrected chi connectivity index (χ0v) is 10.2. The van der Waals surface area contributed by atoms with E-state index in [1.54, 1.807) is 0 Å². The van der Waals surface area contributed by atoms with E-state index in [2.05, 4.69) is 4.98 Å². The van der Waals surface area contributed by atoms with Gasteiger partial charge in [0.15, 0.2) is 10.8 Å². The third kappa shape index (κ3) is 3.37. The van der Waals surface area contributed by atoms with E-state index >= 15 is 0 Å². The van der Waals surface area contributed by atoms with Gasteiger partial charge >= 0.3 is 6.18 Å². The number of benzene rings is 1. The van der Waals surface area contributed by atoms with Crippen LogP contribution in [-0.4, -0.2) is 10.8 Å². The molecule has 1 aromatic heterocycles. The van der Waals surface area contributed by atoms with Crippen LogP contribution in [-0.2, 0) is 12.6 Å². The van der Waals surface area contributed by atoms with Gasteiger partial charge in [0.2, 0.25) is 0 Å². The van der Waals surface area contributed by atoms with Crippen molar-refractivity contribution in [3.63, 3.8) is 0 Å². The second-order valence-electron chi connectivity index (χ2n) is 3.75. The zero-order valence-electron chi connectivity index (χ0n) is 9.37. The summed E-state index contributed by atoms with van der Waals surface area (Å²) in [5.41, 5.74) is 0.536. The number of carbonyl (C=O) groups excluding carboxylic acids is 1. The number of thiazole rings is 1. The lowest BCUT2D eigenvalue weighted by atomic mass is 10.1. The zero-order chi connectivity index (χ0) is 14.0. The van der Waals surface area contributed by atoms with Gasteiger partial charge in [0.25, 0.3) is 0 Å². The van der Waals surface area contributed by atoms with Gasteiger partial charge in [-0.1, -0.05) is 12.1 Å². The Morgan fingerprint density at radius 2 is 1.84 bits per heavy atom. The maximum Gasteiger partial charge on any atom is 0.443 e. The highest BCUT2D eigenvalue weighted by Crippen LogP contribution is 2.32. The van der Waals surface area contributed by atoms with E-state index in [-0.39, 0.29) is 11.3 Å². The van der Waals surface area contributed by atoms with E-state index in [1.165, 1.54) is 24.3 Å². The molecular formula is C12H7F4NOS. The molecule has 0 aliphatic rings. The molecule has 2 aromatic rings. The van der Waals surface area contributed by atoms with Crippen LogP contribution in [0.2, 0.25) is 0 Å². The van der Waals surface area contributed by atoms with E-state index in [1.807, 2.05) is 0 Å². The maximum absolute atomic E-state index is 12.7. The molecule has 1 aromatic carbocycles. The third-order valence-corrected chi connectivity index (χ3v) is 3.38. The number of hydrogen-bond acceptors (Lipinski definition) is 3. The van der Waals surface area contributed by atoms with Crippen LogP contribution in [0, 0.1) is 5.82 Å². The van der Waals surface area contributed by atoms with Crippen molar-refractivity contribution in [2.24, 2.45) is 0 Å². The molecule has 0 unspecified atom stereocenters. The lowest BCUT2D eigenvalue weighted by Gasteiger charge is -2.00. The van der Waals surface area contributed by atoms with Crippen LogP contribution in [0.25, 0.3) is 0 Å². The fourth-order valence-electron chi connectivity index (χ4n) is 1.41.